The number of nitrogens with one attached hydrogen (secondary N) is 1. The predicted molar refractivity (Wildman–Crippen MR) is 146 cm³/mol. The summed E-state index contributed by atoms with van der Waals surface area (Å²) in [7, 11) is 0. The Morgan fingerprint density at radius 1 is 0.686 bits per heavy atom. The molecule has 8 heteroatoms. The van der Waals surface area contributed by atoms with E-state index in [1.807, 2.05) is 60.7 Å². The van der Waals surface area contributed by atoms with Gasteiger partial charge in [0.25, 0.3) is 0 Å². The van der Waals surface area contributed by atoms with Crippen LogP contribution in [0.5, 0.6) is 0 Å². The summed E-state index contributed by atoms with van der Waals surface area (Å²) in [5.74, 6) is 0. The third kappa shape index (κ3) is 6.08. The lowest BCUT2D eigenvalue weighted by Gasteiger charge is -2.16. The average Bonchev–Trinajstić information content (AvgIpc) is 2.86. The molecule has 0 atom stereocenters. The first-order valence-electron chi connectivity index (χ1n) is 10.3. The molecule has 4 rings (SSSR count). The predicted octanol–water partition coefficient (Wildman–Crippen LogP) is 9.30. The fourth-order valence-electron chi connectivity index (χ4n) is 3.29. The fraction of sp³-hybridized carbons (Fsp3) is 0.0370. The summed E-state index contributed by atoms with van der Waals surface area (Å²) >= 11 is 22.7. The molecule has 0 aromatic heterocycles. The zero-order valence-corrected chi connectivity index (χ0v) is 22.0. The Morgan fingerprint density at radius 2 is 1.34 bits per heavy atom. The van der Waals surface area contributed by atoms with Gasteiger partial charge in [-0.1, -0.05) is 88.7 Å². The van der Waals surface area contributed by atoms with E-state index in [0.29, 0.717) is 38.4 Å². The van der Waals surface area contributed by atoms with E-state index in [1.54, 1.807) is 18.2 Å². The van der Waals surface area contributed by atoms with Gasteiger partial charge in [0.15, 0.2) is 0 Å². The molecule has 0 aliphatic rings. The summed E-state index contributed by atoms with van der Waals surface area (Å²) in [4.78, 5) is 3.61. The maximum atomic E-state index is 9.51. The monoisotopic (exact) mass is 551 g/mol. The Kier molecular flexibility index (Phi) is 8.52. The Labute approximate surface area is 227 Å². The molecule has 172 valence electrons. The Hall–Kier alpha value is -2.77. The molecule has 0 fully saturated rings. The van der Waals surface area contributed by atoms with Gasteiger partial charge < -0.3 is 5.32 Å². The van der Waals surface area contributed by atoms with Gasteiger partial charge in [-0.05, 0) is 54.1 Å². The second-order valence-corrected chi connectivity index (χ2v) is 10.6. The minimum absolute atomic E-state index is 0.317. The molecule has 0 unspecified atom stereocenters. The topological polar surface area (TPSA) is 59.6 Å². The Morgan fingerprint density at radius 3 is 1.97 bits per heavy atom. The summed E-state index contributed by atoms with van der Waals surface area (Å²) in [5.41, 5.74) is 2.16. The van der Waals surface area contributed by atoms with Crippen LogP contribution in [0.3, 0.4) is 0 Å². The molecule has 0 bridgehead atoms. The summed E-state index contributed by atoms with van der Waals surface area (Å²) in [6, 6.07) is 28.5. The minimum Gasteiger partial charge on any atom is -0.380 e. The van der Waals surface area contributed by atoms with Crippen molar-refractivity contribution in [2.75, 3.05) is 5.32 Å². The number of hydrogen-bond acceptors (Lipinski definition) is 5. The third-order valence-corrected chi connectivity index (χ3v) is 8.71. The maximum Gasteiger partial charge on any atom is 0.103 e. The van der Waals surface area contributed by atoms with Crippen LogP contribution < -0.4 is 5.32 Å². The third-order valence-electron chi connectivity index (χ3n) is 4.95. The van der Waals surface area contributed by atoms with E-state index < -0.39 is 0 Å². The maximum absolute atomic E-state index is 9.51. The van der Waals surface area contributed by atoms with Gasteiger partial charge in [-0.15, -0.1) is 0 Å². The van der Waals surface area contributed by atoms with Gasteiger partial charge in [-0.25, -0.2) is 0 Å². The molecule has 3 nitrogen and oxygen atoms in total. The fourth-order valence-corrected chi connectivity index (χ4v) is 6.27. The normalized spacial score (nSPS) is 10.4. The second-order valence-electron chi connectivity index (χ2n) is 7.28. The molecule has 4 aromatic rings. The first-order valence-corrected chi connectivity index (χ1v) is 13.1. The second kappa shape index (κ2) is 11.8. The lowest BCUT2D eigenvalue weighted by Crippen LogP contribution is -2.03. The molecule has 0 amide bonds. The molecular formula is C27H16Cl3N3S2. The lowest BCUT2D eigenvalue weighted by atomic mass is 10.1. The number of hydrogen-bond donors (Lipinski definition) is 1. The van der Waals surface area contributed by atoms with Crippen LogP contribution in [0.4, 0.5) is 5.69 Å². The van der Waals surface area contributed by atoms with Gasteiger partial charge >= 0.3 is 0 Å². The number of nitrogens with zero attached hydrogens (tertiary/aromatic N) is 2. The highest BCUT2D eigenvalue weighted by Crippen LogP contribution is 2.46. The first kappa shape index (κ1) is 25.3. The average molecular weight is 553 g/mol. The van der Waals surface area contributed by atoms with Crippen molar-refractivity contribution < 1.29 is 0 Å². The molecule has 0 saturated heterocycles. The van der Waals surface area contributed by atoms with Gasteiger partial charge in [0.2, 0.25) is 0 Å². The zero-order valence-electron chi connectivity index (χ0n) is 18.1. The number of anilines is 1. The highest BCUT2D eigenvalue weighted by Gasteiger charge is 2.16. The summed E-state index contributed by atoms with van der Waals surface area (Å²) in [6.45, 7) is 0.413. The first-order chi connectivity index (χ1) is 17.0. The van der Waals surface area contributed by atoms with Gasteiger partial charge in [-0.3, -0.25) is 0 Å². The minimum atomic E-state index is 0.317. The summed E-state index contributed by atoms with van der Waals surface area (Å²) in [5, 5.41) is 24.0. The van der Waals surface area contributed by atoms with Gasteiger partial charge in [0, 0.05) is 26.1 Å². The van der Waals surface area contributed by atoms with E-state index in [-0.39, 0.29) is 0 Å². The van der Waals surface area contributed by atoms with Crippen LogP contribution in [0.1, 0.15) is 16.7 Å². The SMILES string of the molecule is N#Cc1cccc(NCc2cc(Cl)c(Sc3ccccc3Cl)c(Sc3ccccc3Cl)c2)c1C#N. The molecule has 35 heavy (non-hydrogen) atoms. The van der Waals surface area contributed by atoms with Crippen molar-refractivity contribution in [3.8, 4) is 12.1 Å². The molecule has 0 aliphatic heterocycles. The van der Waals surface area contributed by atoms with Crippen molar-refractivity contribution in [3.63, 3.8) is 0 Å². The number of nitriles is 2. The van der Waals surface area contributed by atoms with E-state index >= 15 is 0 Å². The number of halogens is 3. The van der Waals surface area contributed by atoms with Crippen LogP contribution in [0, 0.1) is 22.7 Å². The number of rotatable bonds is 7. The van der Waals surface area contributed by atoms with Crippen molar-refractivity contribution >= 4 is 64.0 Å². The quantitative estimate of drug-likeness (QED) is 0.247. The van der Waals surface area contributed by atoms with Crippen LogP contribution in [0.15, 0.2) is 98.4 Å². The molecule has 4 aromatic carbocycles. The van der Waals surface area contributed by atoms with Crippen molar-refractivity contribution in [3.05, 3.63) is 111 Å². The summed E-state index contributed by atoms with van der Waals surface area (Å²) < 4.78 is 0. The zero-order chi connectivity index (χ0) is 24.8. The standard InChI is InChI=1S/C27H16Cl3N3S2/c28-20-7-1-3-10-24(20)34-26-13-17(16-33-23-9-5-6-18(14-31)19(23)15-32)12-22(30)27(26)35-25-11-4-2-8-21(25)29/h1-13,33H,16H2. The van der Waals surface area contributed by atoms with Crippen molar-refractivity contribution in [1.29, 1.82) is 10.5 Å². The largest absolute Gasteiger partial charge is 0.380 e. The molecule has 0 spiro atoms. The van der Waals surface area contributed by atoms with E-state index in [9.17, 15) is 10.5 Å². The highest BCUT2D eigenvalue weighted by molar-refractivity contribution is 8.02. The van der Waals surface area contributed by atoms with Crippen LogP contribution in [0.25, 0.3) is 0 Å². The lowest BCUT2D eigenvalue weighted by molar-refractivity contribution is 1.10. The van der Waals surface area contributed by atoms with Gasteiger partial charge in [-0.2, -0.15) is 10.5 Å². The Balaban J connectivity index is 1.70. The van der Waals surface area contributed by atoms with Crippen molar-refractivity contribution in [2.45, 2.75) is 26.1 Å². The molecule has 0 heterocycles. The Bertz CT molecular complexity index is 1480. The van der Waals surface area contributed by atoms with E-state index in [0.717, 1.165) is 25.1 Å². The van der Waals surface area contributed by atoms with Crippen LogP contribution in [-0.2, 0) is 6.54 Å². The molecule has 0 radical (unpaired) electrons. The highest BCUT2D eigenvalue weighted by atomic mass is 35.5. The number of benzene rings is 4. The van der Waals surface area contributed by atoms with Crippen LogP contribution in [0.2, 0.25) is 15.1 Å². The smallest absolute Gasteiger partial charge is 0.103 e. The molecule has 0 aliphatic carbocycles. The van der Waals surface area contributed by atoms with Crippen molar-refractivity contribution in [1.82, 2.24) is 0 Å². The molecular weight excluding hydrogens is 537 g/mol. The van der Waals surface area contributed by atoms with Crippen LogP contribution >= 0.6 is 58.3 Å². The van der Waals surface area contributed by atoms with E-state index in [1.165, 1.54) is 23.5 Å². The van der Waals surface area contributed by atoms with E-state index in [2.05, 4.69) is 17.5 Å². The van der Waals surface area contributed by atoms with Crippen molar-refractivity contribution in [2.24, 2.45) is 0 Å². The summed E-state index contributed by atoms with van der Waals surface area (Å²) in [6.07, 6.45) is 0. The molecule has 1 N–H and O–H groups in total. The van der Waals surface area contributed by atoms with Gasteiger partial charge in [0.1, 0.15) is 12.1 Å². The van der Waals surface area contributed by atoms with Gasteiger partial charge in [0.05, 0.1) is 31.9 Å². The van der Waals surface area contributed by atoms with Crippen LogP contribution in [-0.4, -0.2) is 0 Å². The van der Waals surface area contributed by atoms with E-state index in [4.69, 9.17) is 34.8 Å². The molecule has 0 saturated carbocycles.